The van der Waals surface area contributed by atoms with Crippen LogP contribution in [0.1, 0.15) is 5.56 Å². The zero-order valence-electron chi connectivity index (χ0n) is 10.8. The van der Waals surface area contributed by atoms with Crippen LogP contribution in [0.15, 0.2) is 66.1 Å². The van der Waals surface area contributed by atoms with Crippen molar-refractivity contribution in [1.29, 1.82) is 0 Å². The van der Waals surface area contributed by atoms with Gasteiger partial charge in [-0.3, -0.25) is 0 Å². The van der Waals surface area contributed by atoms with Gasteiger partial charge in [0.25, 0.3) is 0 Å². The predicted molar refractivity (Wildman–Crippen MR) is 81.6 cm³/mol. The van der Waals surface area contributed by atoms with Crippen molar-refractivity contribution in [2.75, 3.05) is 5.84 Å². The van der Waals surface area contributed by atoms with Crippen LogP contribution in [0.2, 0.25) is 0 Å². The van der Waals surface area contributed by atoms with Crippen LogP contribution < -0.4 is 5.84 Å². The van der Waals surface area contributed by atoms with Gasteiger partial charge in [-0.25, -0.2) is 4.68 Å². The van der Waals surface area contributed by atoms with Gasteiger partial charge in [0.15, 0.2) is 0 Å². The van der Waals surface area contributed by atoms with Crippen LogP contribution in [0.3, 0.4) is 0 Å². The maximum Gasteiger partial charge on any atom is 0.209 e. The van der Waals surface area contributed by atoms with Crippen molar-refractivity contribution in [3.8, 4) is 11.1 Å². The van der Waals surface area contributed by atoms with Crippen molar-refractivity contribution in [3.05, 3.63) is 66.5 Å². The Morgan fingerprint density at radius 3 is 2.30 bits per heavy atom. The third-order valence-electron chi connectivity index (χ3n) is 2.97. The molecule has 0 atom stereocenters. The lowest BCUT2D eigenvalue weighted by Gasteiger charge is -2.04. The highest BCUT2D eigenvalue weighted by atomic mass is 32.2. The summed E-state index contributed by atoms with van der Waals surface area (Å²) in [6, 6.07) is 18.9. The zero-order chi connectivity index (χ0) is 13.8. The molecule has 0 saturated heterocycles. The summed E-state index contributed by atoms with van der Waals surface area (Å²) in [6.45, 7) is 0. The molecule has 1 heterocycles. The first-order valence-electron chi connectivity index (χ1n) is 6.25. The van der Waals surface area contributed by atoms with Crippen LogP contribution in [0, 0.1) is 0 Å². The van der Waals surface area contributed by atoms with E-state index in [0.29, 0.717) is 0 Å². The van der Waals surface area contributed by atoms with Crippen LogP contribution in [-0.2, 0) is 5.75 Å². The third kappa shape index (κ3) is 2.83. The first-order valence-corrected chi connectivity index (χ1v) is 7.24. The van der Waals surface area contributed by atoms with Crippen LogP contribution in [-0.4, -0.2) is 14.9 Å². The summed E-state index contributed by atoms with van der Waals surface area (Å²) >= 11 is 1.57. The topological polar surface area (TPSA) is 56.7 Å². The van der Waals surface area contributed by atoms with E-state index in [1.807, 2.05) is 18.2 Å². The van der Waals surface area contributed by atoms with E-state index in [1.54, 1.807) is 11.8 Å². The van der Waals surface area contributed by atoms with E-state index < -0.39 is 0 Å². The number of thioether (sulfide) groups is 1. The maximum absolute atomic E-state index is 5.68. The van der Waals surface area contributed by atoms with Gasteiger partial charge in [0.2, 0.25) is 5.16 Å². The second-order valence-corrected chi connectivity index (χ2v) is 5.31. The molecule has 0 radical (unpaired) electrons. The van der Waals surface area contributed by atoms with Gasteiger partial charge in [0.1, 0.15) is 6.33 Å². The smallest absolute Gasteiger partial charge is 0.209 e. The molecule has 4 nitrogen and oxygen atoms in total. The number of rotatable bonds is 4. The predicted octanol–water partition coefficient (Wildman–Crippen LogP) is 2.95. The SMILES string of the molecule is Nn1cnnc1SCc1ccc(-c2ccccc2)cc1. The van der Waals surface area contributed by atoms with Gasteiger partial charge in [-0.1, -0.05) is 66.4 Å². The number of nitrogen functional groups attached to an aromatic ring is 1. The lowest BCUT2D eigenvalue weighted by atomic mass is 10.0. The normalized spacial score (nSPS) is 10.6. The molecular weight excluding hydrogens is 268 g/mol. The molecule has 2 aromatic carbocycles. The van der Waals surface area contributed by atoms with Crippen LogP contribution >= 0.6 is 11.8 Å². The Kier molecular flexibility index (Phi) is 3.69. The monoisotopic (exact) mass is 282 g/mol. The van der Waals surface area contributed by atoms with Gasteiger partial charge in [-0.05, 0) is 16.7 Å². The molecular formula is C15H14N4S. The van der Waals surface area contributed by atoms with Gasteiger partial charge in [0.05, 0.1) is 0 Å². The van der Waals surface area contributed by atoms with Crippen molar-refractivity contribution < 1.29 is 0 Å². The Morgan fingerprint density at radius 2 is 1.65 bits per heavy atom. The van der Waals surface area contributed by atoms with E-state index in [0.717, 1.165) is 10.9 Å². The zero-order valence-corrected chi connectivity index (χ0v) is 11.6. The summed E-state index contributed by atoms with van der Waals surface area (Å²) in [7, 11) is 0. The van der Waals surface area contributed by atoms with E-state index in [9.17, 15) is 0 Å². The molecule has 2 N–H and O–H groups in total. The number of aromatic nitrogens is 3. The molecule has 0 bridgehead atoms. The Labute approximate surface area is 121 Å². The van der Waals surface area contributed by atoms with Crippen LogP contribution in [0.4, 0.5) is 0 Å². The maximum atomic E-state index is 5.68. The molecule has 0 amide bonds. The van der Waals surface area contributed by atoms with Crippen molar-refractivity contribution in [2.45, 2.75) is 10.9 Å². The summed E-state index contributed by atoms with van der Waals surface area (Å²) in [6.07, 6.45) is 1.50. The van der Waals surface area contributed by atoms with Gasteiger partial charge < -0.3 is 5.84 Å². The first kappa shape index (κ1) is 12.7. The molecule has 1 aromatic heterocycles. The molecule has 3 rings (SSSR count). The standard InChI is InChI=1S/C15H14N4S/c16-19-11-17-18-15(19)20-10-12-6-8-14(9-7-12)13-4-2-1-3-5-13/h1-9,11H,10,16H2. The van der Waals surface area contributed by atoms with Gasteiger partial charge >= 0.3 is 0 Å². The molecule has 0 spiro atoms. The summed E-state index contributed by atoms with van der Waals surface area (Å²) in [5, 5.41) is 8.42. The van der Waals surface area contributed by atoms with E-state index in [4.69, 9.17) is 5.84 Å². The van der Waals surface area contributed by atoms with E-state index in [2.05, 4.69) is 46.6 Å². The molecule has 100 valence electrons. The summed E-state index contributed by atoms with van der Waals surface area (Å²) in [5.74, 6) is 6.50. The minimum atomic E-state index is 0.720. The van der Waals surface area contributed by atoms with Crippen molar-refractivity contribution >= 4 is 11.8 Å². The summed E-state index contributed by atoms with van der Waals surface area (Å²) < 4.78 is 1.43. The fraction of sp³-hybridized carbons (Fsp3) is 0.0667. The quantitative estimate of drug-likeness (QED) is 0.590. The largest absolute Gasteiger partial charge is 0.336 e. The third-order valence-corrected chi connectivity index (χ3v) is 4.00. The van der Waals surface area contributed by atoms with Crippen molar-refractivity contribution in [2.24, 2.45) is 0 Å². The Morgan fingerprint density at radius 1 is 0.950 bits per heavy atom. The minimum Gasteiger partial charge on any atom is -0.336 e. The highest BCUT2D eigenvalue weighted by Gasteiger charge is 2.03. The number of benzene rings is 2. The molecule has 0 aliphatic rings. The van der Waals surface area contributed by atoms with Crippen molar-refractivity contribution in [1.82, 2.24) is 14.9 Å². The van der Waals surface area contributed by atoms with E-state index in [1.165, 1.54) is 27.7 Å². The fourth-order valence-corrected chi connectivity index (χ4v) is 2.70. The molecule has 0 saturated carbocycles. The lowest BCUT2D eigenvalue weighted by molar-refractivity contribution is 0.846. The first-order chi connectivity index (χ1) is 9.83. The summed E-state index contributed by atoms with van der Waals surface area (Å²) in [4.78, 5) is 0. The molecule has 20 heavy (non-hydrogen) atoms. The molecule has 5 heteroatoms. The number of hydrogen-bond acceptors (Lipinski definition) is 4. The molecule has 3 aromatic rings. The second-order valence-electron chi connectivity index (χ2n) is 4.37. The van der Waals surface area contributed by atoms with Gasteiger partial charge in [-0.15, -0.1) is 10.2 Å². The number of nitrogens with zero attached hydrogens (tertiary/aromatic N) is 3. The van der Waals surface area contributed by atoms with E-state index in [-0.39, 0.29) is 0 Å². The highest BCUT2D eigenvalue weighted by Crippen LogP contribution is 2.23. The van der Waals surface area contributed by atoms with Crippen LogP contribution in [0.5, 0.6) is 0 Å². The Balaban J connectivity index is 1.69. The molecule has 0 unspecified atom stereocenters. The van der Waals surface area contributed by atoms with Crippen molar-refractivity contribution in [3.63, 3.8) is 0 Å². The summed E-state index contributed by atoms with van der Waals surface area (Å²) in [5.41, 5.74) is 3.69. The molecule has 0 aliphatic heterocycles. The van der Waals surface area contributed by atoms with Gasteiger partial charge in [-0.2, -0.15) is 0 Å². The second kappa shape index (κ2) is 5.79. The highest BCUT2D eigenvalue weighted by molar-refractivity contribution is 7.98. The van der Waals surface area contributed by atoms with Crippen LogP contribution in [0.25, 0.3) is 11.1 Å². The number of nitrogens with two attached hydrogens (primary N) is 1. The number of hydrogen-bond donors (Lipinski definition) is 1. The lowest BCUT2D eigenvalue weighted by Crippen LogP contribution is -2.07. The Bertz CT molecular complexity index is 677. The Hall–Kier alpha value is -2.27. The molecule has 0 fully saturated rings. The fourth-order valence-electron chi connectivity index (χ4n) is 1.91. The molecule has 0 aliphatic carbocycles. The average Bonchev–Trinajstić information content (AvgIpc) is 2.92. The average molecular weight is 282 g/mol. The van der Waals surface area contributed by atoms with Gasteiger partial charge in [0, 0.05) is 5.75 Å². The minimum absolute atomic E-state index is 0.720. The van der Waals surface area contributed by atoms with E-state index >= 15 is 0 Å².